The molecule has 29 heavy (non-hydrogen) atoms. The van der Waals surface area contributed by atoms with Gasteiger partial charge in [-0.3, -0.25) is 4.79 Å². The van der Waals surface area contributed by atoms with E-state index in [4.69, 9.17) is 16.6 Å². The van der Waals surface area contributed by atoms with Gasteiger partial charge in [-0.15, -0.1) is 0 Å². The summed E-state index contributed by atoms with van der Waals surface area (Å²) < 4.78 is 0. The summed E-state index contributed by atoms with van der Waals surface area (Å²) in [6.45, 7) is 6.34. The third-order valence-electron chi connectivity index (χ3n) is 6.71. The van der Waals surface area contributed by atoms with Crippen LogP contribution in [0.3, 0.4) is 0 Å². The van der Waals surface area contributed by atoms with Gasteiger partial charge < -0.3 is 4.98 Å². The molecule has 2 N–H and O–H groups in total. The highest BCUT2D eigenvalue weighted by molar-refractivity contribution is 6.30. The van der Waals surface area contributed by atoms with Gasteiger partial charge in [0.2, 0.25) is 5.91 Å². The maximum absolute atomic E-state index is 13.1. The van der Waals surface area contributed by atoms with Crippen molar-refractivity contribution in [3.63, 3.8) is 0 Å². The lowest BCUT2D eigenvalue weighted by Gasteiger charge is -2.39. The van der Waals surface area contributed by atoms with Crippen LogP contribution in [-0.2, 0) is 4.79 Å². The number of hydrogen-bond donors (Lipinski definition) is 2. The Hall–Kier alpha value is -2.66. The largest absolute Gasteiger partial charge is 0.342 e. The number of nitrogens with zero attached hydrogens (tertiary/aromatic N) is 2. The average Bonchev–Trinajstić information content (AvgIpc) is 3.22. The molecule has 0 spiro atoms. The Morgan fingerprint density at radius 2 is 1.93 bits per heavy atom. The SMILES string of the molecule is CC1(C)[C@@H](c2nc3ccccc3[nH]2)CC[C@]1(C)C(=O)N/N=C\c1ccc(Cl)cc1. The second-order valence-corrected chi connectivity index (χ2v) is 8.97. The normalized spacial score (nSPS) is 23.7. The molecule has 0 saturated heterocycles. The molecule has 1 aliphatic rings. The summed E-state index contributed by atoms with van der Waals surface area (Å²) in [7, 11) is 0. The Morgan fingerprint density at radius 3 is 2.66 bits per heavy atom. The van der Waals surface area contributed by atoms with Crippen molar-refractivity contribution < 1.29 is 4.79 Å². The molecule has 1 aliphatic carbocycles. The Morgan fingerprint density at radius 1 is 1.21 bits per heavy atom. The van der Waals surface area contributed by atoms with E-state index in [2.05, 4.69) is 29.4 Å². The summed E-state index contributed by atoms with van der Waals surface area (Å²) in [5, 5.41) is 4.84. The molecular formula is C23H25ClN4O. The topological polar surface area (TPSA) is 70.1 Å². The smallest absolute Gasteiger partial charge is 0.246 e. The molecule has 0 aliphatic heterocycles. The maximum atomic E-state index is 13.1. The number of nitrogens with one attached hydrogen (secondary N) is 2. The van der Waals surface area contributed by atoms with Crippen LogP contribution in [0.1, 0.15) is 50.9 Å². The predicted octanol–water partition coefficient (Wildman–Crippen LogP) is 5.28. The minimum atomic E-state index is -0.548. The number of imidazole rings is 1. The van der Waals surface area contributed by atoms with Crippen LogP contribution in [0.5, 0.6) is 0 Å². The quantitative estimate of drug-likeness (QED) is 0.455. The molecule has 1 aromatic heterocycles. The highest BCUT2D eigenvalue weighted by atomic mass is 35.5. The Balaban J connectivity index is 1.52. The van der Waals surface area contributed by atoms with Crippen molar-refractivity contribution in [1.82, 2.24) is 15.4 Å². The van der Waals surface area contributed by atoms with Gasteiger partial charge in [-0.05, 0) is 48.1 Å². The third-order valence-corrected chi connectivity index (χ3v) is 6.97. The summed E-state index contributed by atoms with van der Waals surface area (Å²) in [5.41, 5.74) is 4.80. The molecule has 150 valence electrons. The fourth-order valence-corrected chi connectivity index (χ4v) is 4.49. The lowest BCUT2D eigenvalue weighted by atomic mass is 9.65. The standard InChI is InChI=1S/C23H25ClN4O/c1-22(2)17(20-26-18-6-4-5-7-19(18)27-20)12-13-23(22,3)21(29)28-25-14-15-8-10-16(24)11-9-15/h4-11,14,17H,12-13H2,1-3H3,(H,26,27)(H,28,29)/b25-14-/t17-,23-/m1/s1. The molecule has 0 unspecified atom stereocenters. The first-order valence-electron chi connectivity index (χ1n) is 9.85. The van der Waals surface area contributed by atoms with Crippen molar-refractivity contribution in [1.29, 1.82) is 0 Å². The van der Waals surface area contributed by atoms with E-state index in [1.807, 2.05) is 43.3 Å². The molecule has 2 aromatic carbocycles. The molecule has 3 aromatic rings. The van der Waals surface area contributed by atoms with Crippen molar-refractivity contribution in [3.8, 4) is 0 Å². The molecule has 2 atom stereocenters. The van der Waals surface area contributed by atoms with Crippen LogP contribution >= 0.6 is 11.6 Å². The Kier molecular flexibility index (Phi) is 4.95. The summed E-state index contributed by atoms with van der Waals surface area (Å²) in [6, 6.07) is 15.3. The second-order valence-electron chi connectivity index (χ2n) is 8.53. The molecule has 0 bridgehead atoms. The number of aromatic nitrogens is 2. The van der Waals surface area contributed by atoms with Crippen LogP contribution in [0.15, 0.2) is 53.6 Å². The molecule has 0 radical (unpaired) electrons. The van der Waals surface area contributed by atoms with E-state index in [9.17, 15) is 4.79 Å². The van der Waals surface area contributed by atoms with Gasteiger partial charge in [0.25, 0.3) is 0 Å². The first-order valence-corrected chi connectivity index (χ1v) is 10.2. The van der Waals surface area contributed by atoms with Gasteiger partial charge in [-0.1, -0.05) is 56.6 Å². The van der Waals surface area contributed by atoms with Crippen LogP contribution in [-0.4, -0.2) is 22.1 Å². The van der Waals surface area contributed by atoms with Crippen molar-refractivity contribution in [2.45, 2.75) is 39.5 Å². The summed E-state index contributed by atoms with van der Waals surface area (Å²) in [5.74, 6) is 1.06. The predicted molar refractivity (Wildman–Crippen MR) is 117 cm³/mol. The lowest BCUT2D eigenvalue weighted by molar-refractivity contribution is -0.135. The highest BCUT2D eigenvalue weighted by Gasteiger charge is 2.57. The van der Waals surface area contributed by atoms with Crippen LogP contribution < -0.4 is 5.43 Å². The van der Waals surface area contributed by atoms with Crippen LogP contribution in [0.2, 0.25) is 5.02 Å². The number of carbonyl (C=O) groups excluding carboxylic acids is 1. The summed E-state index contributed by atoms with van der Waals surface area (Å²) in [6.07, 6.45) is 3.32. The molecule has 5 nitrogen and oxygen atoms in total. The van der Waals surface area contributed by atoms with Crippen molar-refractivity contribution >= 4 is 34.8 Å². The number of hydrogen-bond acceptors (Lipinski definition) is 3. The number of benzene rings is 2. The van der Waals surface area contributed by atoms with E-state index in [1.54, 1.807) is 18.3 Å². The zero-order chi connectivity index (χ0) is 20.6. The van der Waals surface area contributed by atoms with Gasteiger partial charge in [0.05, 0.1) is 22.7 Å². The van der Waals surface area contributed by atoms with E-state index in [0.717, 1.165) is 35.3 Å². The lowest BCUT2D eigenvalue weighted by Crippen LogP contribution is -2.45. The van der Waals surface area contributed by atoms with Gasteiger partial charge in [-0.25, -0.2) is 10.4 Å². The van der Waals surface area contributed by atoms with E-state index in [-0.39, 0.29) is 17.2 Å². The molecule has 1 fully saturated rings. The molecule has 1 saturated carbocycles. The Labute approximate surface area is 175 Å². The van der Waals surface area contributed by atoms with E-state index >= 15 is 0 Å². The van der Waals surface area contributed by atoms with Crippen LogP contribution in [0.25, 0.3) is 11.0 Å². The fraction of sp³-hybridized carbons (Fsp3) is 0.348. The van der Waals surface area contributed by atoms with Crippen molar-refractivity contribution in [2.75, 3.05) is 0 Å². The fourth-order valence-electron chi connectivity index (χ4n) is 4.36. The third kappa shape index (κ3) is 3.44. The molecule has 4 rings (SSSR count). The van der Waals surface area contributed by atoms with E-state index < -0.39 is 5.41 Å². The minimum absolute atomic E-state index is 0.0636. The number of rotatable bonds is 4. The highest BCUT2D eigenvalue weighted by Crippen LogP contribution is 2.59. The van der Waals surface area contributed by atoms with E-state index in [1.165, 1.54) is 0 Å². The van der Waals surface area contributed by atoms with Crippen LogP contribution in [0.4, 0.5) is 0 Å². The zero-order valence-corrected chi connectivity index (χ0v) is 17.6. The van der Waals surface area contributed by atoms with Gasteiger partial charge in [0.15, 0.2) is 0 Å². The number of fused-ring (bicyclic) bond motifs is 1. The van der Waals surface area contributed by atoms with Gasteiger partial charge in [0.1, 0.15) is 5.82 Å². The number of hydrazone groups is 1. The monoisotopic (exact) mass is 408 g/mol. The number of halogens is 1. The van der Waals surface area contributed by atoms with Crippen molar-refractivity contribution in [3.05, 3.63) is 64.9 Å². The van der Waals surface area contributed by atoms with Crippen molar-refractivity contribution in [2.24, 2.45) is 15.9 Å². The number of para-hydroxylation sites is 2. The molecule has 6 heteroatoms. The number of aromatic amines is 1. The van der Waals surface area contributed by atoms with Crippen LogP contribution in [0, 0.1) is 10.8 Å². The molecule has 1 heterocycles. The zero-order valence-electron chi connectivity index (χ0n) is 16.9. The second kappa shape index (κ2) is 7.30. The van der Waals surface area contributed by atoms with Gasteiger partial charge in [-0.2, -0.15) is 5.10 Å². The number of carbonyl (C=O) groups is 1. The summed E-state index contributed by atoms with van der Waals surface area (Å²) in [4.78, 5) is 21.4. The minimum Gasteiger partial charge on any atom is -0.342 e. The number of amides is 1. The summed E-state index contributed by atoms with van der Waals surface area (Å²) >= 11 is 5.90. The number of H-pyrrole nitrogens is 1. The Bertz CT molecular complexity index is 1040. The first kappa shape index (κ1) is 19.6. The van der Waals surface area contributed by atoms with Gasteiger partial charge in [0, 0.05) is 10.9 Å². The first-order chi connectivity index (χ1) is 13.8. The van der Waals surface area contributed by atoms with Gasteiger partial charge >= 0.3 is 0 Å². The maximum Gasteiger partial charge on any atom is 0.246 e. The van der Waals surface area contributed by atoms with E-state index in [0.29, 0.717) is 5.02 Å². The molecular weight excluding hydrogens is 384 g/mol. The molecule has 1 amide bonds. The average molecular weight is 409 g/mol.